The first-order valence-corrected chi connectivity index (χ1v) is 8.77. The van der Waals surface area contributed by atoms with E-state index in [-0.39, 0.29) is 16.5 Å². The molecule has 0 heterocycles. The predicted molar refractivity (Wildman–Crippen MR) is 108 cm³/mol. The monoisotopic (exact) mass is 396 g/mol. The molecule has 0 saturated carbocycles. The third-order valence-electron chi connectivity index (χ3n) is 3.69. The molecule has 6 heteroatoms. The molecule has 0 radical (unpaired) electrons. The normalized spacial score (nSPS) is 12.1. The quantitative estimate of drug-likeness (QED) is 0.221. The molecule has 3 rings (SSSR count). The smallest absolute Gasteiger partial charge is 0.217 e. The number of Topliss-reactive ketones (excluding diaryl/α,β-unsaturated/α-hetero) is 1. The van der Waals surface area contributed by atoms with Crippen molar-refractivity contribution in [1.82, 2.24) is 0 Å². The molecule has 0 aliphatic rings. The van der Waals surface area contributed by atoms with Gasteiger partial charge in [-0.15, -0.1) is 10.2 Å². The fourth-order valence-corrected chi connectivity index (χ4v) is 2.77. The summed E-state index contributed by atoms with van der Waals surface area (Å²) in [6.07, 6.45) is 0. The Hall–Kier alpha value is -2.95. The number of carbonyl (C=O) groups excluding carboxylic acids is 1. The van der Waals surface area contributed by atoms with Gasteiger partial charge in [0.15, 0.2) is 11.5 Å². The molecule has 1 N–H and O–H groups in total. The molecule has 4 nitrogen and oxygen atoms in total. The number of halogens is 2. The van der Waals surface area contributed by atoms with Gasteiger partial charge in [0.2, 0.25) is 5.78 Å². The molecule has 3 aromatic rings. The van der Waals surface area contributed by atoms with Crippen LogP contribution in [0.4, 0.5) is 5.69 Å². The molecule has 0 atom stereocenters. The Morgan fingerprint density at radius 1 is 0.815 bits per heavy atom. The van der Waals surface area contributed by atoms with E-state index in [1.165, 1.54) is 6.07 Å². The van der Waals surface area contributed by atoms with E-state index in [9.17, 15) is 9.90 Å². The van der Waals surface area contributed by atoms with Crippen molar-refractivity contribution < 1.29 is 9.90 Å². The minimum atomic E-state index is -0.453. The molecule has 27 heavy (non-hydrogen) atoms. The first kappa shape index (κ1) is 18.8. The Labute approximate surface area is 166 Å². The van der Waals surface area contributed by atoms with E-state index in [4.69, 9.17) is 23.2 Å². The van der Waals surface area contributed by atoms with Gasteiger partial charge < -0.3 is 5.11 Å². The maximum absolute atomic E-state index is 12.9. The third-order valence-corrected chi connectivity index (χ3v) is 4.23. The average molecular weight is 397 g/mol. The highest BCUT2D eigenvalue weighted by molar-refractivity contribution is 6.36. The van der Waals surface area contributed by atoms with Gasteiger partial charge in [-0.3, -0.25) is 4.79 Å². The third kappa shape index (κ3) is 4.61. The largest absolute Gasteiger partial charge is 0.505 e. The van der Waals surface area contributed by atoms with Gasteiger partial charge in [0.05, 0.1) is 5.02 Å². The van der Waals surface area contributed by atoms with Gasteiger partial charge in [-0.05, 0) is 18.2 Å². The number of ketones is 1. The van der Waals surface area contributed by atoms with Crippen molar-refractivity contribution in [3.63, 3.8) is 0 Å². The summed E-state index contributed by atoms with van der Waals surface area (Å²) in [6.45, 7) is 0. The minimum absolute atomic E-state index is 0.182. The van der Waals surface area contributed by atoms with Gasteiger partial charge in [-0.2, -0.15) is 0 Å². The highest BCUT2D eigenvalue weighted by atomic mass is 35.5. The topological polar surface area (TPSA) is 62.0 Å². The van der Waals surface area contributed by atoms with Crippen LogP contribution >= 0.6 is 23.2 Å². The number of hydrogen-bond donors (Lipinski definition) is 1. The van der Waals surface area contributed by atoms with Crippen LogP contribution in [0.3, 0.4) is 0 Å². The number of azo groups is 1. The molecule has 0 aliphatic carbocycles. The molecule has 0 aliphatic heterocycles. The van der Waals surface area contributed by atoms with Gasteiger partial charge in [-0.25, -0.2) is 0 Å². The Bertz CT molecular complexity index is 1020. The Morgan fingerprint density at radius 2 is 1.41 bits per heavy atom. The van der Waals surface area contributed by atoms with Crippen LogP contribution in [0.1, 0.15) is 15.9 Å². The number of allylic oxidation sites excluding steroid dienone is 1. The first-order chi connectivity index (χ1) is 13.1. The molecule has 0 fully saturated rings. The van der Waals surface area contributed by atoms with E-state index >= 15 is 0 Å². The maximum atomic E-state index is 12.9. The Morgan fingerprint density at radius 3 is 2.00 bits per heavy atom. The van der Waals surface area contributed by atoms with Crippen molar-refractivity contribution in [3.05, 3.63) is 106 Å². The highest BCUT2D eigenvalue weighted by Crippen LogP contribution is 2.30. The molecular formula is C21H14Cl2N2O2. The van der Waals surface area contributed by atoms with Crippen molar-refractivity contribution in [2.45, 2.75) is 0 Å². The van der Waals surface area contributed by atoms with Crippen LogP contribution in [0.5, 0.6) is 0 Å². The van der Waals surface area contributed by atoms with Gasteiger partial charge in [0, 0.05) is 16.1 Å². The molecule has 0 saturated heterocycles. The van der Waals surface area contributed by atoms with Crippen molar-refractivity contribution in [2.75, 3.05) is 0 Å². The molecule has 0 amide bonds. The summed E-state index contributed by atoms with van der Waals surface area (Å²) >= 11 is 12.0. The lowest BCUT2D eigenvalue weighted by molar-refractivity contribution is 0.103. The summed E-state index contributed by atoms with van der Waals surface area (Å²) in [5, 5.41) is 19.5. The van der Waals surface area contributed by atoms with Gasteiger partial charge >= 0.3 is 0 Å². The molecule has 0 spiro atoms. The number of carbonyl (C=O) groups is 1. The molecule has 0 aromatic heterocycles. The van der Waals surface area contributed by atoms with Gasteiger partial charge in [-0.1, -0.05) is 83.9 Å². The fourth-order valence-electron chi connectivity index (χ4n) is 2.33. The van der Waals surface area contributed by atoms with E-state index in [0.717, 1.165) is 0 Å². The molecule has 0 unspecified atom stereocenters. The van der Waals surface area contributed by atoms with Crippen LogP contribution in [0.25, 0.3) is 5.76 Å². The lowest BCUT2D eigenvalue weighted by atomic mass is 10.1. The van der Waals surface area contributed by atoms with Crippen molar-refractivity contribution >= 4 is 40.4 Å². The fraction of sp³-hybridized carbons (Fsp3) is 0. The summed E-state index contributed by atoms with van der Waals surface area (Å²) < 4.78 is 0. The van der Waals surface area contributed by atoms with Crippen molar-refractivity contribution in [1.29, 1.82) is 0 Å². The molecule has 3 aromatic carbocycles. The summed E-state index contributed by atoms with van der Waals surface area (Å²) in [5.74, 6) is -0.718. The van der Waals surface area contributed by atoms with Crippen LogP contribution < -0.4 is 0 Å². The maximum Gasteiger partial charge on any atom is 0.217 e. The van der Waals surface area contributed by atoms with E-state index in [1.807, 2.05) is 6.07 Å². The van der Waals surface area contributed by atoms with Crippen LogP contribution in [-0.4, -0.2) is 10.9 Å². The second kappa shape index (κ2) is 8.62. The van der Waals surface area contributed by atoms with Crippen LogP contribution in [-0.2, 0) is 0 Å². The number of rotatable bonds is 5. The summed E-state index contributed by atoms with van der Waals surface area (Å²) in [6, 6.07) is 21.9. The van der Waals surface area contributed by atoms with Crippen molar-refractivity contribution in [2.24, 2.45) is 10.2 Å². The molecular weight excluding hydrogens is 383 g/mol. The Balaban J connectivity index is 2.07. The van der Waals surface area contributed by atoms with E-state index < -0.39 is 5.78 Å². The van der Waals surface area contributed by atoms with Gasteiger partial charge in [0.1, 0.15) is 5.69 Å². The standard InChI is InChI=1S/C21H14Cl2N2O2/c22-16-11-12-18(17(23)13-16)24-25-19(20(26)14-7-3-1-4-8-14)21(27)15-9-5-2-6-10-15/h1-13,26H/b20-19+,25-24?. The second-order valence-corrected chi connectivity index (χ2v) is 6.40. The number of nitrogens with zero attached hydrogens (tertiary/aromatic N) is 2. The molecule has 134 valence electrons. The average Bonchev–Trinajstić information content (AvgIpc) is 2.70. The lowest BCUT2D eigenvalue weighted by Crippen LogP contribution is -2.04. The number of hydrogen-bond acceptors (Lipinski definition) is 4. The van der Waals surface area contributed by atoms with E-state index in [2.05, 4.69) is 10.2 Å². The SMILES string of the molecule is O=C(/C(N=Nc1ccc(Cl)cc1Cl)=C(\O)c1ccccc1)c1ccccc1. The summed E-state index contributed by atoms with van der Waals surface area (Å²) in [4.78, 5) is 12.9. The zero-order valence-electron chi connectivity index (χ0n) is 14.0. The Kier molecular flexibility index (Phi) is 6.01. The second-order valence-electron chi connectivity index (χ2n) is 5.55. The van der Waals surface area contributed by atoms with E-state index in [0.29, 0.717) is 21.8 Å². The zero-order chi connectivity index (χ0) is 19.2. The van der Waals surface area contributed by atoms with Crippen LogP contribution in [0.2, 0.25) is 10.0 Å². The first-order valence-electron chi connectivity index (χ1n) is 8.01. The number of benzene rings is 3. The number of aliphatic hydroxyl groups is 1. The summed E-state index contributed by atoms with van der Waals surface area (Å²) in [7, 11) is 0. The van der Waals surface area contributed by atoms with Crippen molar-refractivity contribution in [3.8, 4) is 0 Å². The van der Waals surface area contributed by atoms with Crippen LogP contribution in [0.15, 0.2) is 94.8 Å². The van der Waals surface area contributed by atoms with Crippen LogP contribution in [0, 0.1) is 0 Å². The lowest BCUT2D eigenvalue weighted by Gasteiger charge is -2.06. The molecule has 0 bridgehead atoms. The summed E-state index contributed by atoms with van der Waals surface area (Å²) in [5.41, 5.74) is 0.993. The highest BCUT2D eigenvalue weighted by Gasteiger charge is 2.18. The van der Waals surface area contributed by atoms with E-state index in [1.54, 1.807) is 66.7 Å². The zero-order valence-corrected chi connectivity index (χ0v) is 15.5. The minimum Gasteiger partial charge on any atom is -0.505 e. The van der Waals surface area contributed by atoms with Gasteiger partial charge in [0.25, 0.3) is 0 Å². The number of aliphatic hydroxyl groups excluding tert-OH is 1. The predicted octanol–water partition coefficient (Wildman–Crippen LogP) is 6.89.